The molecule has 1 fully saturated rings. The second kappa shape index (κ2) is 7.86. The van der Waals surface area contributed by atoms with Gasteiger partial charge in [0.05, 0.1) is 24.2 Å². The van der Waals surface area contributed by atoms with Crippen molar-refractivity contribution in [3.8, 4) is 0 Å². The van der Waals surface area contributed by atoms with Crippen molar-refractivity contribution in [3.63, 3.8) is 0 Å². The number of carbonyl (C=O) groups excluding carboxylic acids is 1. The molecule has 0 spiro atoms. The number of piperidine rings is 1. The fourth-order valence-electron chi connectivity index (χ4n) is 2.47. The SMILES string of the molecule is COCCOC1CCCN(C(=O)c2ccc([N+](=O)[O-])cc2)C1. The average molecular weight is 308 g/mol. The number of hydrogen-bond acceptors (Lipinski definition) is 5. The molecule has 1 aliphatic heterocycles. The molecule has 2 rings (SSSR count). The number of nitrogens with zero attached hydrogens (tertiary/aromatic N) is 2. The van der Waals surface area contributed by atoms with Gasteiger partial charge in [0, 0.05) is 37.9 Å². The number of nitro groups is 1. The van der Waals surface area contributed by atoms with Crippen LogP contribution in [0.3, 0.4) is 0 Å². The van der Waals surface area contributed by atoms with Crippen LogP contribution in [0.2, 0.25) is 0 Å². The molecule has 0 aliphatic carbocycles. The summed E-state index contributed by atoms with van der Waals surface area (Å²) in [7, 11) is 1.62. The van der Waals surface area contributed by atoms with Gasteiger partial charge < -0.3 is 14.4 Å². The molecule has 7 heteroatoms. The number of hydrogen-bond donors (Lipinski definition) is 0. The van der Waals surface area contributed by atoms with E-state index < -0.39 is 4.92 Å². The van der Waals surface area contributed by atoms with Crippen LogP contribution in [-0.2, 0) is 9.47 Å². The van der Waals surface area contributed by atoms with Crippen LogP contribution in [0.25, 0.3) is 0 Å². The molecule has 0 saturated carbocycles. The van der Waals surface area contributed by atoms with E-state index in [2.05, 4.69) is 0 Å². The van der Waals surface area contributed by atoms with Gasteiger partial charge in [0.15, 0.2) is 0 Å². The summed E-state index contributed by atoms with van der Waals surface area (Å²) in [5, 5.41) is 10.6. The van der Waals surface area contributed by atoms with Gasteiger partial charge in [-0.25, -0.2) is 0 Å². The van der Waals surface area contributed by atoms with Gasteiger partial charge in [-0.3, -0.25) is 14.9 Å². The molecule has 1 saturated heterocycles. The van der Waals surface area contributed by atoms with Gasteiger partial charge in [0.1, 0.15) is 0 Å². The molecule has 0 radical (unpaired) electrons. The number of benzene rings is 1. The number of ether oxygens (including phenoxy) is 2. The maximum atomic E-state index is 12.4. The van der Waals surface area contributed by atoms with Crippen LogP contribution in [0, 0.1) is 10.1 Å². The van der Waals surface area contributed by atoms with Crippen molar-refractivity contribution in [1.29, 1.82) is 0 Å². The largest absolute Gasteiger partial charge is 0.382 e. The monoisotopic (exact) mass is 308 g/mol. The molecule has 1 heterocycles. The number of nitro benzene ring substituents is 1. The van der Waals surface area contributed by atoms with Crippen LogP contribution >= 0.6 is 0 Å². The zero-order valence-corrected chi connectivity index (χ0v) is 12.6. The van der Waals surface area contributed by atoms with Gasteiger partial charge in [0.2, 0.25) is 0 Å². The van der Waals surface area contributed by atoms with Gasteiger partial charge in [-0.1, -0.05) is 0 Å². The van der Waals surface area contributed by atoms with Crippen LogP contribution in [0.5, 0.6) is 0 Å². The van der Waals surface area contributed by atoms with E-state index in [1.54, 1.807) is 12.0 Å². The lowest BCUT2D eigenvalue weighted by atomic mass is 10.1. The molecular weight excluding hydrogens is 288 g/mol. The number of carbonyl (C=O) groups is 1. The summed E-state index contributed by atoms with van der Waals surface area (Å²) >= 11 is 0. The molecule has 1 unspecified atom stereocenters. The zero-order valence-electron chi connectivity index (χ0n) is 12.6. The summed E-state index contributed by atoms with van der Waals surface area (Å²) in [6.07, 6.45) is 1.83. The van der Waals surface area contributed by atoms with E-state index in [4.69, 9.17) is 9.47 Å². The molecule has 0 aromatic heterocycles. The maximum absolute atomic E-state index is 12.4. The van der Waals surface area contributed by atoms with Crippen molar-refractivity contribution in [3.05, 3.63) is 39.9 Å². The molecule has 0 N–H and O–H groups in total. The van der Waals surface area contributed by atoms with Crippen LogP contribution < -0.4 is 0 Å². The second-order valence-electron chi connectivity index (χ2n) is 5.18. The zero-order chi connectivity index (χ0) is 15.9. The third kappa shape index (κ3) is 4.25. The van der Waals surface area contributed by atoms with Gasteiger partial charge in [0.25, 0.3) is 11.6 Å². The van der Waals surface area contributed by atoms with E-state index in [1.807, 2.05) is 0 Å². The first-order chi connectivity index (χ1) is 10.6. The third-order valence-corrected chi connectivity index (χ3v) is 3.63. The Bertz CT molecular complexity index is 517. The van der Waals surface area contributed by atoms with E-state index in [9.17, 15) is 14.9 Å². The Morgan fingerprint density at radius 2 is 2.09 bits per heavy atom. The lowest BCUT2D eigenvalue weighted by Crippen LogP contribution is -2.43. The summed E-state index contributed by atoms with van der Waals surface area (Å²) in [5.74, 6) is -0.116. The number of amides is 1. The molecule has 1 atom stereocenters. The van der Waals surface area contributed by atoms with E-state index in [1.165, 1.54) is 24.3 Å². The molecule has 1 amide bonds. The first-order valence-electron chi connectivity index (χ1n) is 7.26. The summed E-state index contributed by atoms with van der Waals surface area (Å²) in [6, 6.07) is 5.69. The minimum Gasteiger partial charge on any atom is -0.382 e. The molecular formula is C15H20N2O5. The molecule has 0 bridgehead atoms. The summed E-state index contributed by atoms with van der Waals surface area (Å²) < 4.78 is 10.6. The normalized spacial score (nSPS) is 18.2. The molecule has 22 heavy (non-hydrogen) atoms. The molecule has 1 aliphatic rings. The van der Waals surface area contributed by atoms with Crippen LogP contribution in [-0.4, -0.2) is 55.2 Å². The lowest BCUT2D eigenvalue weighted by Gasteiger charge is -2.32. The average Bonchev–Trinajstić information content (AvgIpc) is 2.55. The second-order valence-corrected chi connectivity index (χ2v) is 5.18. The van der Waals surface area contributed by atoms with Crippen molar-refractivity contribution in [1.82, 2.24) is 4.90 Å². The van der Waals surface area contributed by atoms with Crippen LogP contribution in [0.15, 0.2) is 24.3 Å². The predicted octanol–water partition coefficient (Wildman–Crippen LogP) is 1.86. The van der Waals surface area contributed by atoms with Crippen molar-refractivity contribution >= 4 is 11.6 Å². The van der Waals surface area contributed by atoms with E-state index in [0.717, 1.165) is 12.8 Å². The lowest BCUT2D eigenvalue weighted by molar-refractivity contribution is -0.384. The van der Waals surface area contributed by atoms with Gasteiger partial charge in [-0.05, 0) is 25.0 Å². The highest BCUT2D eigenvalue weighted by Crippen LogP contribution is 2.18. The Hall–Kier alpha value is -1.99. The number of non-ortho nitro benzene ring substituents is 1. The number of rotatable bonds is 6. The van der Waals surface area contributed by atoms with Gasteiger partial charge in [-0.2, -0.15) is 0 Å². The predicted molar refractivity (Wildman–Crippen MR) is 79.8 cm³/mol. The standard InChI is InChI=1S/C15H20N2O5/c1-21-9-10-22-14-3-2-8-16(11-14)15(18)12-4-6-13(7-5-12)17(19)20/h4-7,14H,2-3,8-11H2,1H3. The first kappa shape index (κ1) is 16.4. The Morgan fingerprint density at radius 3 is 2.73 bits per heavy atom. The van der Waals surface area contributed by atoms with Gasteiger partial charge in [-0.15, -0.1) is 0 Å². The minimum atomic E-state index is -0.477. The minimum absolute atomic E-state index is 0.0176. The number of likely N-dealkylation sites (tertiary alicyclic amines) is 1. The van der Waals surface area contributed by atoms with Crippen molar-refractivity contribution in [2.45, 2.75) is 18.9 Å². The highest BCUT2D eigenvalue weighted by atomic mass is 16.6. The quantitative estimate of drug-likeness (QED) is 0.455. The van der Waals surface area contributed by atoms with Crippen LogP contribution in [0.1, 0.15) is 23.2 Å². The Morgan fingerprint density at radius 1 is 1.36 bits per heavy atom. The van der Waals surface area contributed by atoms with E-state index >= 15 is 0 Å². The highest BCUT2D eigenvalue weighted by Gasteiger charge is 2.25. The topological polar surface area (TPSA) is 81.9 Å². The fourth-order valence-corrected chi connectivity index (χ4v) is 2.47. The Balaban J connectivity index is 1.94. The first-order valence-corrected chi connectivity index (χ1v) is 7.26. The van der Waals surface area contributed by atoms with Crippen molar-refractivity contribution in [2.24, 2.45) is 0 Å². The Kier molecular flexibility index (Phi) is 5.85. The molecule has 1 aromatic carbocycles. The smallest absolute Gasteiger partial charge is 0.269 e. The fraction of sp³-hybridized carbons (Fsp3) is 0.533. The van der Waals surface area contributed by atoms with Gasteiger partial charge >= 0.3 is 0 Å². The molecule has 1 aromatic rings. The maximum Gasteiger partial charge on any atom is 0.269 e. The molecule has 120 valence electrons. The highest BCUT2D eigenvalue weighted by molar-refractivity contribution is 5.94. The van der Waals surface area contributed by atoms with Crippen molar-refractivity contribution in [2.75, 3.05) is 33.4 Å². The summed E-state index contributed by atoms with van der Waals surface area (Å²) in [5.41, 5.74) is 0.444. The number of methoxy groups -OCH3 is 1. The third-order valence-electron chi connectivity index (χ3n) is 3.63. The van der Waals surface area contributed by atoms with E-state index in [-0.39, 0.29) is 17.7 Å². The Labute approximate surface area is 129 Å². The summed E-state index contributed by atoms with van der Waals surface area (Å²) in [6.45, 7) is 2.27. The molecule has 7 nitrogen and oxygen atoms in total. The summed E-state index contributed by atoms with van der Waals surface area (Å²) in [4.78, 5) is 24.3. The van der Waals surface area contributed by atoms with E-state index in [0.29, 0.717) is 31.9 Å². The van der Waals surface area contributed by atoms with Crippen molar-refractivity contribution < 1.29 is 19.2 Å². The van der Waals surface area contributed by atoms with Crippen LogP contribution in [0.4, 0.5) is 5.69 Å².